The van der Waals surface area contributed by atoms with Crippen LogP contribution >= 0.6 is 0 Å². The highest BCUT2D eigenvalue weighted by molar-refractivity contribution is 5.94. The van der Waals surface area contributed by atoms with E-state index in [0.717, 1.165) is 12.1 Å². The summed E-state index contributed by atoms with van der Waals surface area (Å²) in [5.41, 5.74) is 0.621. The highest BCUT2D eigenvalue weighted by atomic mass is 16.4. The van der Waals surface area contributed by atoms with Gasteiger partial charge in [-0.1, -0.05) is 52.8 Å². The Labute approximate surface area is 94.1 Å². The predicted octanol–water partition coefficient (Wildman–Crippen LogP) is 4.10. The van der Waals surface area contributed by atoms with Crippen molar-refractivity contribution in [2.24, 2.45) is 21.9 Å². The van der Waals surface area contributed by atoms with Crippen LogP contribution < -0.4 is 0 Å². The van der Waals surface area contributed by atoms with Gasteiger partial charge in [0.1, 0.15) is 0 Å². The summed E-state index contributed by atoms with van der Waals surface area (Å²) < 4.78 is 0. The number of allylic oxidation sites excluding steroid dienone is 1. The van der Waals surface area contributed by atoms with E-state index in [-0.39, 0.29) is 10.8 Å². The molecule has 0 amide bonds. The smallest absolute Gasteiger partial charge is 0.0688 e. The molecule has 0 aromatic heterocycles. The van der Waals surface area contributed by atoms with Gasteiger partial charge < -0.3 is 5.21 Å². The lowest BCUT2D eigenvalue weighted by molar-refractivity contribution is 0.267. The molecular weight excluding hydrogens is 186 g/mol. The Morgan fingerprint density at radius 1 is 1.33 bits per heavy atom. The fourth-order valence-electron chi connectivity index (χ4n) is 1.87. The third kappa shape index (κ3) is 3.08. The van der Waals surface area contributed by atoms with E-state index in [4.69, 9.17) is 0 Å². The van der Waals surface area contributed by atoms with Crippen LogP contribution in [0.4, 0.5) is 0 Å². The Morgan fingerprint density at radius 2 is 1.80 bits per heavy atom. The Kier molecular flexibility index (Phi) is 4.57. The molecule has 0 aliphatic heterocycles. The van der Waals surface area contributed by atoms with Crippen LogP contribution in [0.3, 0.4) is 0 Å². The summed E-state index contributed by atoms with van der Waals surface area (Å²) in [7, 11) is 0. The van der Waals surface area contributed by atoms with Gasteiger partial charge in [-0.05, 0) is 12.3 Å². The van der Waals surface area contributed by atoms with Crippen LogP contribution in [0, 0.1) is 16.7 Å². The highest BCUT2D eigenvalue weighted by Crippen LogP contribution is 2.38. The minimum atomic E-state index is -0.135. The molecule has 0 aromatic rings. The molecule has 0 fully saturated rings. The van der Waals surface area contributed by atoms with E-state index in [9.17, 15) is 5.21 Å². The summed E-state index contributed by atoms with van der Waals surface area (Å²) in [6.07, 6.45) is 2.70. The van der Waals surface area contributed by atoms with Crippen molar-refractivity contribution in [2.45, 2.75) is 48.0 Å². The maximum atomic E-state index is 9.23. The van der Waals surface area contributed by atoms with E-state index in [1.165, 1.54) is 0 Å². The van der Waals surface area contributed by atoms with E-state index in [2.05, 4.69) is 53.3 Å². The molecule has 0 bridgehead atoms. The number of rotatable bonds is 5. The second-order valence-corrected chi connectivity index (χ2v) is 5.70. The molecule has 0 unspecified atom stereocenters. The van der Waals surface area contributed by atoms with Crippen LogP contribution in [-0.4, -0.2) is 10.9 Å². The van der Waals surface area contributed by atoms with E-state index in [0.29, 0.717) is 5.92 Å². The summed E-state index contributed by atoms with van der Waals surface area (Å²) in [5.74, 6) is 0.437. The second kappa shape index (κ2) is 4.82. The molecule has 0 aromatic carbocycles. The van der Waals surface area contributed by atoms with Crippen molar-refractivity contribution in [1.29, 1.82) is 0 Å². The molecule has 0 radical (unpaired) electrons. The number of hydrogen-bond acceptors (Lipinski definition) is 2. The molecule has 0 aliphatic carbocycles. The molecule has 2 nitrogen and oxygen atoms in total. The Morgan fingerprint density at radius 3 is 2.07 bits per heavy atom. The van der Waals surface area contributed by atoms with Crippen LogP contribution in [0.25, 0.3) is 0 Å². The van der Waals surface area contributed by atoms with Crippen molar-refractivity contribution in [3.8, 4) is 0 Å². The zero-order chi connectivity index (χ0) is 12.3. The molecular formula is C13H25NO. The van der Waals surface area contributed by atoms with Crippen molar-refractivity contribution in [3.05, 3.63) is 12.7 Å². The van der Waals surface area contributed by atoms with Crippen molar-refractivity contribution in [2.75, 3.05) is 0 Å². The summed E-state index contributed by atoms with van der Waals surface area (Å²) >= 11 is 0. The Balaban J connectivity index is 5.18. The molecule has 88 valence electrons. The van der Waals surface area contributed by atoms with Gasteiger partial charge in [0, 0.05) is 10.8 Å². The van der Waals surface area contributed by atoms with Crippen LogP contribution in [-0.2, 0) is 0 Å². The maximum absolute atomic E-state index is 9.23. The zero-order valence-corrected chi connectivity index (χ0v) is 11.0. The van der Waals surface area contributed by atoms with Gasteiger partial charge in [0.15, 0.2) is 0 Å². The first-order chi connectivity index (χ1) is 6.70. The topological polar surface area (TPSA) is 32.6 Å². The van der Waals surface area contributed by atoms with Gasteiger partial charge in [-0.3, -0.25) is 0 Å². The van der Waals surface area contributed by atoms with E-state index in [1.807, 2.05) is 6.08 Å². The molecule has 0 saturated heterocycles. The lowest BCUT2D eigenvalue weighted by atomic mass is 9.66. The molecule has 0 saturated carbocycles. The van der Waals surface area contributed by atoms with Crippen molar-refractivity contribution in [1.82, 2.24) is 0 Å². The molecule has 0 aliphatic rings. The minimum Gasteiger partial charge on any atom is -0.411 e. The number of nitrogens with zero attached hydrogens (tertiary/aromatic N) is 1. The van der Waals surface area contributed by atoms with Gasteiger partial charge in [-0.25, -0.2) is 0 Å². The first-order valence-corrected chi connectivity index (χ1v) is 5.54. The van der Waals surface area contributed by atoms with E-state index in [1.54, 1.807) is 0 Å². The first kappa shape index (κ1) is 14.2. The molecule has 0 atom stereocenters. The van der Waals surface area contributed by atoms with Crippen LogP contribution in [0.1, 0.15) is 48.0 Å². The first-order valence-electron chi connectivity index (χ1n) is 5.54. The maximum Gasteiger partial charge on any atom is 0.0688 e. The van der Waals surface area contributed by atoms with Crippen LogP contribution in [0.2, 0.25) is 0 Å². The largest absolute Gasteiger partial charge is 0.411 e. The Bertz CT molecular complexity index is 249. The SMILES string of the molecule is C=CCC(C)(C)/C(=N/O)C(C)(C)C(C)C. The summed E-state index contributed by atoms with van der Waals surface area (Å²) in [6.45, 7) is 16.5. The summed E-state index contributed by atoms with van der Waals surface area (Å²) in [5, 5.41) is 12.8. The van der Waals surface area contributed by atoms with Crippen molar-refractivity contribution < 1.29 is 5.21 Å². The van der Waals surface area contributed by atoms with Crippen LogP contribution in [0.15, 0.2) is 17.8 Å². The predicted molar refractivity (Wildman–Crippen MR) is 66.4 cm³/mol. The standard InChI is InChI=1S/C13H25NO/c1-8-9-12(4,5)11(14-15)13(6,7)10(2)3/h8,10,15H,1,9H2,2-7H3/b14-11-. The average Bonchev–Trinajstić information content (AvgIpc) is 2.03. The van der Waals surface area contributed by atoms with Crippen LogP contribution in [0.5, 0.6) is 0 Å². The van der Waals surface area contributed by atoms with Crippen molar-refractivity contribution >= 4 is 5.71 Å². The lowest BCUT2D eigenvalue weighted by Crippen LogP contribution is -2.40. The number of oxime groups is 1. The average molecular weight is 211 g/mol. The fourth-order valence-corrected chi connectivity index (χ4v) is 1.87. The molecule has 0 heterocycles. The van der Waals surface area contributed by atoms with Gasteiger partial charge in [-0.15, -0.1) is 6.58 Å². The van der Waals surface area contributed by atoms with E-state index >= 15 is 0 Å². The highest BCUT2D eigenvalue weighted by Gasteiger charge is 2.38. The minimum absolute atomic E-state index is 0.0960. The third-order valence-corrected chi connectivity index (χ3v) is 3.45. The zero-order valence-electron chi connectivity index (χ0n) is 11.0. The van der Waals surface area contributed by atoms with E-state index < -0.39 is 0 Å². The quantitative estimate of drug-likeness (QED) is 0.316. The van der Waals surface area contributed by atoms with Gasteiger partial charge in [0.05, 0.1) is 5.71 Å². The summed E-state index contributed by atoms with van der Waals surface area (Å²) in [6, 6.07) is 0. The van der Waals surface area contributed by atoms with Gasteiger partial charge in [0.25, 0.3) is 0 Å². The normalized spacial score (nSPS) is 14.5. The van der Waals surface area contributed by atoms with Crippen molar-refractivity contribution in [3.63, 3.8) is 0 Å². The monoisotopic (exact) mass is 211 g/mol. The molecule has 0 spiro atoms. The Hall–Kier alpha value is -0.790. The van der Waals surface area contributed by atoms with Gasteiger partial charge >= 0.3 is 0 Å². The molecule has 1 N–H and O–H groups in total. The molecule has 2 heteroatoms. The van der Waals surface area contributed by atoms with Gasteiger partial charge in [0.2, 0.25) is 0 Å². The van der Waals surface area contributed by atoms with Gasteiger partial charge in [-0.2, -0.15) is 0 Å². The number of hydrogen-bond donors (Lipinski definition) is 1. The third-order valence-electron chi connectivity index (χ3n) is 3.45. The lowest BCUT2D eigenvalue weighted by Gasteiger charge is -2.38. The summed E-state index contributed by atoms with van der Waals surface area (Å²) in [4.78, 5) is 0. The molecule has 0 rings (SSSR count). The molecule has 15 heavy (non-hydrogen) atoms. The fraction of sp³-hybridized carbons (Fsp3) is 0.769. The second-order valence-electron chi connectivity index (χ2n) is 5.70.